The number of fused-ring (bicyclic) bond motifs is 4. The summed E-state index contributed by atoms with van der Waals surface area (Å²) in [5, 5.41) is 21.3. The van der Waals surface area contributed by atoms with Crippen molar-refractivity contribution in [3.05, 3.63) is 36.2 Å². The van der Waals surface area contributed by atoms with Gasteiger partial charge in [-0.05, 0) is 56.5 Å². The van der Waals surface area contributed by atoms with Crippen molar-refractivity contribution in [1.29, 1.82) is 0 Å². The average Bonchev–Trinajstić information content (AvgIpc) is 3.42. The third kappa shape index (κ3) is 5.74. The van der Waals surface area contributed by atoms with Gasteiger partial charge in [0.15, 0.2) is 0 Å². The molecule has 2 amide bonds. The molecule has 0 spiro atoms. The van der Waals surface area contributed by atoms with Crippen molar-refractivity contribution in [3.8, 4) is 16.9 Å². The van der Waals surface area contributed by atoms with Crippen molar-refractivity contribution in [1.82, 2.24) is 30.2 Å². The van der Waals surface area contributed by atoms with Gasteiger partial charge in [0.05, 0.1) is 30.6 Å². The quantitative estimate of drug-likeness (QED) is 0.500. The van der Waals surface area contributed by atoms with Gasteiger partial charge in [0.2, 0.25) is 5.91 Å². The van der Waals surface area contributed by atoms with E-state index in [4.69, 9.17) is 9.47 Å². The lowest BCUT2D eigenvalue weighted by molar-refractivity contribution is -0.135. The Morgan fingerprint density at radius 3 is 2.70 bits per heavy atom. The SMILES string of the molecule is Cn1cc(-c2ccc3c(c2)OCC[C@@H]2CC[C@H](O)[C@@H](CNC(=O)[C@@H]4CN(C5CCNCC5)CCN4C3=O)O2)cn1. The number of carbonyl (C=O) groups excluding carboxylic acids is 2. The van der Waals surface area contributed by atoms with Crippen LogP contribution in [0.5, 0.6) is 5.75 Å². The molecule has 3 saturated heterocycles. The van der Waals surface area contributed by atoms with Gasteiger partial charge in [0.1, 0.15) is 17.9 Å². The molecular formula is C29H40N6O5. The van der Waals surface area contributed by atoms with Crippen molar-refractivity contribution >= 4 is 11.8 Å². The smallest absolute Gasteiger partial charge is 0.258 e. The first-order valence-electron chi connectivity index (χ1n) is 14.6. The van der Waals surface area contributed by atoms with Crippen LogP contribution < -0.4 is 15.4 Å². The number of amides is 2. The van der Waals surface area contributed by atoms with Crippen molar-refractivity contribution in [3.63, 3.8) is 0 Å². The third-order valence-corrected chi connectivity index (χ3v) is 8.81. The number of hydrogen-bond acceptors (Lipinski definition) is 8. The van der Waals surface area contributed by atoms with Gasteiger partial charge >= 0.3 is 0 Å². The van der Waals surface area contributed by atoms with Crippen LogP contribution in [0.15, 0.2) is 30.6 Å². The zero-order valence-corrected chi connectivity index (χ0v) is 23.1. The van der Waals surface area contributed by atoms with E-state index in [1.54, 1.807) is 15.8 Å². The molecule has 2 aromatic rings. The molecule has 3 fully saturated rings. The van der Waals surface area contributed by atoms with Gasteiger partial charge in [0.25, 0.3) is 5.91 Å². The van der Waals surface area contributed by atoms with Gasteiger partial charge in [-0.3, -0.25) is 19.2 Å². The highest BCUT2D eigenvalue weighted by molar-refractivity contribution is 6.00. The molecule has 1 aromatic heterocycles. The van der Waals surface area contributed by atoms with E-state index in [0.29, 0.717) is 49.9 Å². The van der Waals surface area contributed by atoms with E-state index >= 15 is 0 Å². The molecule has 5 heterocycles. The first-order valence-corrected chi connectivity index (χ1v) is 14.6. The van der Waals surface area contributed by atoms with Crippen LogP contribution in [0.25, 0.3) is 11.1 Å². The van der Waals surface area contributed by atoms with Gasteiger partial charge in [-0.1, -0.05) is 6.07 Å². The molecular weight excluding hydrogens is 512 g/mol. The average molecular weight is 553 g/mol. The molecule has 0 unspecified atom stereocenters. The molecule has 6 rings (SSSR count). The van der Waals surface area contributed by atoms with E-state index in [2.05, 4.69) is 20.6 Å². The number of aliphatic hydroxyl groups excluding tert-OH is 1. The Balaban J connectivity index is 1.32. The van der Waals surface area contributed by atoms with Crippen LogP contribution in [-0.2, 0) is 16.6 Å². The Morgan fingerprint density at radius 1 is 1.05 bits per heavy atom. The van der Waals surface area contributed by atoms with E-state index in [0.717, 1.165) is 50.0 Å². The monoisotopic (exact) mass is 552 g/mol. The van der Waals surface area contributed by atoms with Crippen molar-refractivity contribution < 1.29 is 24.2 Å². The molecule has 40 heavy (non-hydrogen) atoms. The third-order valence-electron chi connectivity index (χ3n) is 8.81. The molecule has 1 aromatic carbocycles. The number of piperazine rings is 1. The second kappa shape index (κ2) is 11.9. The molecule has 11 nitrogen and oxygen atoms in total. The highest BCUT2D eigenvalue weighted by Gasteiger charge is 2.40. The van der Waals surface area contributed by atoms with Gasteiger partial charge in [0, 0.05) is 57.4 Å². The zero-order valence-electron chi connectivity index (χ0n) is 23.1. The number of aryl methyl sites for hydroxylation is 1. The minimum Gasteiger partial charge on any atom is -0.493 e. The summed E-state index contributed by atoms with van der Waals surface area (Å²) in [4.78, 5) is 31.9. The van der Waals surface area contributed by atoms with Gasteiger partial charge in [-0.2, -0.15) is 5.10 Å². The van der Waals surface area contributed by atoms with Crippen LogP contribution in [-0.4, -0.2) is 113 Å². The number of benzene rings is 1. The Kier molecular flexibility index (Phi) is 8.06. The van der Waals surface area contributed by atoms with E-state index in [1.165, 1.54) is 0 Å². The number of rotatable bonds is 2. The predicted octanol–water partition coefficient (Wildman–Crippen LogP) is 0.773. The number of ether oxygens (including phenoxy) is 2. The second-order valence-corrected chi connectivity index (χ2v) is 11.4. The maximum Gasteiger partial charge on any atom is 0.258 e. The molecule has 216 valence electrons. The van der Waals surface area contributed by atoms with Crippen LogP contribution in [0.1, 0.15) is 42.5 Å². The summed E-state index contributed by atoms with van der Waals surface area (Å²) in [5.41, 5.74) is 2.29. The highest BCUT2D eigenvalue weighted by Crippen LogP contribution is 2.31. The minimum absolute atomic E-state index is 0.0875. The first kappa shape index (κ1) is 27.2. The van der Waals surface area contributed by atoms with Gasteiger partial charge < -0.3 is 30.1 Å². The van der Waals surface area contributed by atoms with Crippen LogP contribution in [0.3, 0.4) is 0 Å². The fourth-order valence-electron chi connectivity index (χ4n) is 6.46. The summed E-state index contributed by atoms with van der Waals surface area (Å²) in [6, 6.07) is 5.35. The number of nitrogens with one attached hydrogen (secondary N) is 2. The number of aromatic nitrogens is 2. The largest absolute Gasteiger partial charge is 0.493 e. The van der Waals surface area contributed by atoms with Gasteiger partial charge in [-0.25, -0.2) is 0 Å². The molecule has 0 radical (unpaired) electrons. The topological polar surface area (TPSA) is 121 Å². The first-order chi connectivity index (χ1) is 19.5. The van der Waals surface area contributed by atoms with E-state index < -0.39 is 18.2 Å². The minimum atomic E-state index is -0.651. The molecule has 4 aliphatic rings. The maximum absolute atomic E-state index is 14.1. The fourth-order valence-corrected chi connectivity index (χ4v) is 6.46. The van der Waals surface area contributed by atoms with Gasteiger partial charge in [-0.15, -0.1) is 0 Å². The summed E-state index contributed by atoms with van der Waals surface area (Å²) in [5.74, 6) is 0.0820. The molecule has 4 atom stereocenters. The standard InChI is InChI=1S/C29H40N6O5/c1-33-17-20(15-32-33)19-2-4-23-26(14-19)39-13-8-22-3-5-25(36)27(40-22)16-31-28(37)24-18-34(11-12-35(24)29(23)38)21-6-9-30-10-7-21/h2,4,14-15,17,21-22,24-25,27,30,36H,3,5-13,16,18H2,1H3,(H,31,37)/t22-,24-,25-,27+/m0/s1. The normalized spacial score (nSPS) is 29.1. The summed E-state index contributed by atoms with van der Waals surface area (Å²) < 4.78 is 14.2. The molecule has 3 N–H and O–H groups in total. The Labute approximate surface area is 234 Å². The summed E-state index contributed by atoms with van der Waals surface area (Å²) in [6.45, 7) is 4.16. The Morgan fingerprint density at radius 2 is 1.90 bits per heavy atom. The number of nitrogens with zero attached hydrogens (tertiary/aromatic N) is 4. The lowest BCUT2D eigenvalue weighted by Gasteiger charge is -2.45. The number of piperidine rings is 1. The zero-order chi connectivity index (χ0) is 27.6. The Hall–Kier alpha value is -2.99. The molecule has 0 aliphatic carbocycles. The Bertz CT molecular complexity index is 1210. The van der Waals surface area contributed by atoms with Crippen LogP contribution in [0, 0.1) is 0 Å². The summed E-state index contributed by atoms with van der Waals surface area (Å²) in [6.07, 6.45) is 6.52. The lowest BCUT2D eigenvalue weighted by atomic mass is 9.98. The summed E-state index contributed by atoms with van der Waals surface area (Å²) in [7, 11) is 1.87. The number of carbonyl (C=O) groups is 2. The van der Waals surface area contributed by atoms with Crippen molar-refractivity contribution in [2.24, 2.45) is 7.05 Å². The maximum atomic E-state index is 14.1. The van der Waals surface area contributed by atoms with Crippen molar-refractivity contribution in [2.75, 3.05) is 45.9 Å². The number of aliphatic hydroxyl groups is 1. The second-order valence-electron chi connectivity index (χ2n) is 11.4. The van der Waals surface area contributed by atoms with E-state index in [1.807, 2.05) is 31.4 Å². The van der Waals surface area contributed by atoms with Crippen LogP contribution >= 0.6 is 0 Å². The highest BCUT2D eigenvalue weighted by atomic mass is 16.5. The molecule has 11 heteroatoms. The van der Waals surface area contributed by atoms with Crippen molar-refractivity contribution in [2.45, 2.75) is 62.5 Å². The van der Waals surface area contributed by atoms with Crippen LogP contribution in [0.2, 0.25) is 0 Å². The van der Waals surface area contributed by atoms with Crippen LogP contribution in [0.4, 0.5) is 0 Å². The fraction of sp³-hybridized carbons (Fsp3) is 0.621. The summed E-state index contributed by atoms with van der Waals surface area (Å²) >= 11 is 0. The molecule has 4 aliphatic heterocycles. The lowest BCUT2D eigenvalue weighted by Crippen LogP contribution is -2.63. The molecule has 0 saturated carbocycles. The number of hydrogen-bond donors (Lipinski definition) is 3. The predicted molar refractivity (Wildman–Crippen MR) is 148 cm³/mol. The molecule has 2 bridgehead atoms. The van der Waals surface area contributed by atoms with E-state index in [9.17, 15) is 14.7 Å². The van der Waals surface area contributed by atoms with E-state index in [-0.39, 0.29) is 24.5 Å².